The number of amides is 5. The number of hydrogen-bond acceptors (Lipinski definition) is 26. The van der Waals surface area contributed by atoms with Crippen LogP contribution < -0.4 is 26.6 Å². The van der Waals surface area contributed by atoms with E-state index >= 15 is 0 Å². The first-order chi connectivity index (χ1) is 41.2. The fraction of sp³-hybridized carbons (Fsp3) is 0.732. The lowest BCUT2D eigenvalue weighted by Crippen LogP contribution is -2.65. The van der Waals surface area contributed by atoms with Gasteiger partial charge in [0.1, 0.15) is 94.6 Å². The zero-order valence-corrected chi connectivity index (χ0v) is 50.2. The quantitative estimate of drug-likeness (QED) is 0.0149. The Morgan fingerprint density at radius 3 is 1.25 bits per heavy atom. The van der Waals surface area contributed by atoms with Gasteiger partial charge in [-0.15, -0.1) is 0 Å². The standard InChI is InChI=1S/C56H97N5O26/c1-6-7-8-9-10-11-12-13-14-15-16-17-18-19-20-21-40(72)61-41(46(73)35(71)22-26-62)52(78)83-36(23-27-63)47(74)42(57-31(2)67)53(79)84-37(24-28-64)48(75)43(58-32(3)68)54(80)85-38(25-29-65)49(76)44(59-33(4)69)56(82)87-51-39(30-66)86-55(81)45(50(51)77)60-34(5)70/h11-12,35-39,45,50-56,62-66,71,73-82H,6-10,13-30H2,1-5H3,(H,57,67)(H,58,68)(H,59,69)(H,60,70)(H,61,72)/b12-11-,46-41-,47-42-,48-43+,49-44+/t35?,36?,37?,38-,39?,45?,50?,51?,52?,53?,54?,55?,56?/m1/s1. The van der Waals surface area contributed by atoms with Gasteiger partial charge in [-0.25, -0.2) is 0 Å². The van der Waals surface area contributed by atoms with E-state index in [2.05, 4.69) is 40.3 Å². The molecule has 1 fully saturated rings. The van der Waals surface area contributed by atoms with Gasteiger partial charge in [0.15, 0.2) is 12.6 Å². The monoisotopic (exact) mass is 1260 g/mol. The van der Waals surface area contributed by atoms with Crippen LogP contribution in [0.25, 0.3) is 0 Å². The first kappa shape index (κ1) is 79.6. The van der Waals surface area contributed by atoms with Crippen LogP contribution in [0.5, 0.6) is 0 Å². The molecule has 21 N–H and O–H groups in total. The first-order valence-corrected chi connectivity index (χ1v) is 29.1. The molecular weight excluding hydrogens is 1160 g/mol. The van der Waals surface area contributed by atoms with E-state index in [9.17, 15) is 106 Å². The Kier molecular flexibility index (Phi) is 40.3. The van der Waals surface area contributed by atoms with E-state index in [1.54, 1.807) is 0 Å². The summed E-state index contributed by atoms with van der Waals surface area (Å²) in [6, 6.07) is -1.61. The lowest BCUT2D eigenvalue weighted by molar-refractivity contribution is -0.284. The molecule has 1 heterocycles. The van der Waals surface area contributed by atoms with Crippen LogP contribution in [0.3, 0.4) is 0 Å². The number of ether oxygens (including phenoxy) is 5. The summed E-state index contributed by atoms with van der Waals surface area (Å²) in [5.74, 6) is -9.42. The van der Waals surface area contributed by atoms with Crippen LogP contribution in [-0.2, 0) is 47.7 Å². The van der Waals surface area contributed by atoms with Crippen LogP contribution >= 0.6 is 0 Å². The number of aliphatic hydroxyl groups excluding tert-OH is 16. The highest BCUT2D eigenvalue weighted by Crippen LogP contribution is 2.28. The SMILES string of the molecule is CCCCCC/C=C\CCCCCCCCCC(=O)N/C(=C(\O)C(O)CCO)C(O)OC(CCO)/C(O)=C(/NC(C)=O)C(O)OC(CCO)/C(O)=C(\NC(C)=O)C(O)O[C@H](CCO)/C(O)=C(\NC(C)=O)C(O)OC1C(CO)OC(O)C(NC(C)=O)C1O. The zero-order chi connectivity index (χ0) is 65.8. The average Bonchev–Trinajstić information content (AvgIpc) is 1.63. The van der Waals surface area contributed by atoms with Crippen molar-refractivity contribution in [1.29, 1.82) is 0 Å². The first-order valence-electron chi connectivity index (χ1n) is 29.1. The second-order valence-corrected chi connectivity index (χ2v) is 20.5. The molecule has 0 aromatic rings. The van der Waals surface area contributed by atoms with Gasteiger partial charge in [-0.1, -0.05) is 70.4 Å². The number of carbonyl (C=O) groups is 5. The minimum atomic E-state index is -2.67. The van der Waals surface area contributed by atoms with E-state index in [1.807, 2.05) is 5.32 Å². The molecule has 0 aliphatic carbocycles. The van der Waals surface area contributed by atoms with Crippen LogP contribution in [0.1, 0.15) is 150 Å². The maximum absolute atomic E-state index is 13.2. The fourth-order valence-corrected chi connectivity index (χ4v) is 8.79. The lowest BCUT2D eigenvalue weighted by atomic mass is 9.96. The van der Waals surface area contributed by atoms with Crippen molar-refractivity contribution in [1.82, 2.24) is 26.6 Å². The van der Waals surface area contributed by atoms with Crippen molar-refractivity contribution < 1.29 is 129 Å². The Labute approximate surface area is 505 Å². The van der Waals surface area contributed by atoms with Crippen molar-refractivity contribution in [2.24, 2.45) is 0 Å². The number of rotatable bonds is 45. The summed E-state index contributed by atoms with van der Waals surface area (Å²) in [4.78, 5) is 62.5. The second kappa shape index (κ2) is 44.1. The van der Waals surface area contributed by atoms with E-state index in [-0.39, 0.29) is 6.42 Å². The lowest BCUT2D eigenvalue weighted by Gasteiger charge is -2.43. The maximum atomic E-state index is 13.2. The van der Waals surface area contributed by atoms with E-state index in [4.69, 9.17) is 23.7 Å². The molecule has 0 spiro atoms. The number of nitrogens with one attached hydrogen (secondary N) is 5. The van der Waals surface area contributed by atoms with Gasteiger partial charge in [0.05, 0.1) is 6.61 Å². The van der Waals surface area contributed by atoms with Crippen LogP contribution in [0, 0.1) is 0 Å². The molecule has 1 saturated heterocycles. The molecule has 12 unspecified atom stereocenters. The summed E-state index contributed by atoms with van der Waals surface area (Å²) in [6.07, 6.45) is -11.2. The second-order valence-electron chi connectivity index (χ2n) is 20.5. The zero-order valence-electron chi connectivity index (χ0n) is 50.2. The van der Waals surface area contributed by atoms with Crippen LogP contribution in [0.2, 0.25) is 0 Å². The molecule has 87 heavy (non-hydrogen) atoms. The molecule has 31 nitrogen and oxygen atoms in total. The van der Waals surface area contributed by atoms with Crippen LogP contribution in [-0.4, -0.2) is 224 Å². The fourth-order valence-electron chi connectivity index (χ4n) is 8.79. The average molecular weight is 1260 g/mol. The predicted octanol–water partition coefficient (Wildman–Crippen LogP) is -1.09. The number of allylic oxidation sites excluding steroid dienone is 2. The Morgan fingerprint density at radius 1 is 0.494 bits per heavy atom. The summed E-state index contributed by atoms with van der Waals surface area (Å²) in [5.41, 5.74) is -3.95. The molecule has 13 atom stereocenters. The van der Waals surface area contributed by atoms with Gasteiger partial charge in [-0.3, -0.25) is 24.0 Å². The normalized spacial score (nSPS) is 21.1. The molecule has 502 valence electrons. The van der Waals surface area contributed by atoms with E-state index in [0.29, 0.717) is 12.8 Å². The number of unbranched alkanes of at least 4 members (excludes halogenated alkanes) is 11. The highest BCUT2D eigenvalue weighted by molar-refractivity contribution is 5.78. The molecule has 5 amide bonds. The molecule has 0 saturated carbocycles. The molecule has 1 rings (SSSR count). The third kappa shape index (κ3) is 29.6. The number of hydrogen-bond donors (Lipinski definition) is 21. The summed E-state index contributed by atoms with van der Waals surface area (Å²) < 4.78 is 27.3. The summed E-state index contributed by atoms with van der Waals surface area (Å²) >= 11 is 0. The number of carbonyl (C=O) groups excluding carboxylic acids is 5. The van der Waals surface area contributed by atoms with Gasteiger partial charge >= 0.3 is 0 Å². The molecular formula is C56H97N5O26. The van der Waals surface area contributed by atoms with E-state index < -0.39 is 214 Å². The van der Waals surface area contributed by atoms with Gasteiger partial charge in [0.2, 0.25) is 48.4 Å². The maximum Gasteiger partial charge on any atom is 0.224 e. The number of aliphatic hydroxyl groups is 16. The van der Waals surface area contributed by atoms with Crippen molar-refractivity contribution >= 4 is 29.5 Å². The topological polar surface area (TPSA) is 515 Å². The van der Waals surface area contributed by atoms with Crippen LogP contribution in [0.15, 0.2) is 58.0 Å². The third-order valence-corrected chi connectivity index (χ3v) is 13.2. The molecule has 1 aliphatic rings. The Balaban J connectivity index is 3.61. The van der Waals surface area contributed by atoms with Gasteiger partial charge < -0.3 is 132 Å². The van der Waals surface area contributed by atoms with Gasteiger partial charge in [-0.2, -0.15) is 0 Å². The molecule has 31 heteroatoms. The van der Waals surface area contributed by atoms with Crippen molar-refractivity contribution in [3.05, 3.63) is 58.0 Å². The predicted molar refractivity (Wildman–Crippen MR) is 306 cm³/mol. The van der Waals surface area contributed by atoms with Crippen molar-refractivity contribution in [2.45, 2.75) is 230 Å². The van der Waals surface area contributed by atoms with Gasteiger partial charge in [-0.05, 0) is 32.1 Å². The van der Waals surface area contributed by atoms with Crippen LogP contribution in [0.4, 0.5) is 0 Å². The minimum absolute atomic E-state index is 0.122. The molecule has 0 radical (unpaired) electrons. The molecule has 1 aliphatic heterocycles. The highest BCUT2D eigenvalue weighted by atomic mass is 16.7. The van der Waals surface area contributed by atoms with E-state index in [0.717, 1.165) is 72.6 Å². The molecule has 0 aromatic heterocycles. The summed E-state index contributed by atoms with van der Waals surface area (Å²) in [5, 5.41) is 183. The van der Waals surface area contributed by atoms with Crippen molar-refractivity contribution in [3.8, 4) is 0 Å². The van der Waals surface area contributed by atoms with E-state index in [1.165, 1.54) is 25.7 Å². The summed E-state index contributed by atoms with van der Waals surface area (Å²) in [7, 11) is 0. The molecule has 0 aromatic carbocycles. The van der Waals surface area contributed by atoms with Crippen molar-refractivity contribution in [2.75, 3.05) is 33.0 Å². The molecule has 0 bridgehead atoms. The largest absolute Gasteiger partial charge is 0.508 e. The smallest absolute Gasteiger partial charge is 0.224 e. The third-order valence-electron chi connectivity index (χ3n) is 13.2. The van der Waals surface area contributed by atoms with Gasteiger partial charge in [0.25, 0.3) is 0 Å². The Hall–Kier alpha value is -5.43. The highest BCUT2D eigenvalue weighted by Gasteiger charge is 2.47. The van der Waals surface area contributed by atoms with Gasteiger partial charge in [0, 0.05) is 86.2 Å². The Bertz CT molecular complexity index is 2230. The summed E-state index contributed by atoms with van der Waals surface area (Å²) in [6.45, 7) is 1.52. The van der Waals surface area contributed by atoms with Crippen molar-refractivity contribution in [3.63, 3.8) is 0 Å². The Morgan fingerprint density at radius 2 is 0.874 bits per heavy atom. The minimum Gasteiger partial charge on any atom is -0.508 e.